The molecule has 0 aliphatic rings. The summed E-state index contributed by atoms with van der Waals surface area (Å²) < 4.78 is 13.1. The van der Waals surface area contributed by atoms with Gasteiger partial charge in [-0.3, -0.25) is 4.79 Å². The molecule has 0 bridgehead atoms. The van der Waals surface area contributed by atoms with Gasteiger partial charge in [-0.15, -0.1) is 0 Å². The largest absolute Gasteiger partial charge is 0.376 e. The van der Waals surface area contributed by atoms with Gasteiger partial charge in [0.1, 0.15) is 5.82 Å². The van der Waals surface area contributed by atoms with Crippen molar-refractivity contribution in [1.29, 1.82) is 0 Å². The molecule has 5 heteroatoms. The lowest BCUT2D eigenvalue weighted by atomic mass is 10.2. The Bertz CT molecular complexity index is 714. The molecule has 114 valence electrons. The van der Waals surface area contributed by atoms with Crippen LogP contribution in [0.4, 0.5) is 15.8 Å². The Morgan fingerprint density at radius 1 is 1.23 bits per heavy atom. The second-order valence-electron chi connectivity index (χ2n) is 4.93. The molecule has 2 aromatic rings. The van der Waals surface area contributed by atoms with Gasteiger partial charge in [0.25, 0.3) is 0 Å². The summed E-state index contributed by atoms with van der Waals surface area (Å²) >= 11 is 5.97. The van der Waals surface area contributed by atoms with Crippen molar-refractivity contribution in [3.8, 4) is 0 Å². The van der Waals surface area contributed by atoms with Crippen LogP contribution in [0.2, 0.25) is 5.02 Å². The molecule has 1 N–H and O–H groups in total. The van der Waals surface area contributed by atoms with Crippen molar-refractivity contribution in [1.82, 2.24) is 0 Å². The number of carbonyl (C=O) groups excluding carboxylic acids is 1. The van der Waals surface area contributed by atoms with E-state index in [-0.39, 0.29) is 11.7 Å². The molecule has 2 rings (SSSR count). The fourth-order valence-electron chi connectivity index (χ4n) is 1.95. The van der Waals surface area contributed by atoms with Crippen LogP contribution in [-0.2, 0) is 4.79 Å². The summed E-state index contributed by atoms with van der Waals surface area (Å²) in [6, 6.07) is 11.3. The summed E-state index contributed by atoms with van der Waals surface area (Å²) in [7, 11) is 3.75. The second-order valence-corrected chi connectivity index (χ2v) is 5.37. The minimum absolute atomic E-state index is 0.311. The number of hydrogen-bond acceptors (Lipinski definition) is 2. The molecule has 22 heavy (non-hydrogen) atoms. The highest BCUT2D eigenvalue weighted by Crippen LogP contribution is 2.27. The van der Waals surface area contributed by atoms with E-state index in [1.807, 2.05) is 25.1 Å². The smallest absolute Gasteiger partial charge is 0.248 e. The first-order valence-corrected chi connectivity index (χ1v) is 7.05. The van der Waals surface area contributed by atoms with Gasteiger partial charge in [-0.25, -0.2) is 4.39 Å². The van der Waals surface area contributed by atoms with Crippen LogP contribution in [0.5, 0.6) is 0 Å². The van der Waals surface area contributed by atoms with E-state index < -0.39 is 0 Å². The molecular formula is C17H16ClFN2O. The van der Waals surface area contributed by atoms with Crippen LogP contribution in [0.1, 0.15) is 5.56 Å². The van der Waals surface area contributed by atoms with Crippen LogP contribution >= 0.6 is 11.6 Å². The molecule has 0 fully saturated rings. The van der Waals surface area contributed by atoms with Gasteiger partial charge in [0.2, 0.25) is 5.91 Å². The number of halogens is 2. The molecule has 3 nitrogen and oxygen atoms in total. The van der Waals surface area contributed by atoms with Gasteiger partial charge < -0.3 is 10.2 Å². The number of hydrogen-bond donors (Lipinski definition) is 1. The highest BCUT2D eigenvalue weighted by molar-refractivity contribution is 6.31. The fraction of sp³-hybridized carbons (Fsp3) is 0.118. The van der Waals surface area contributed by atoms with Crippen LogP contribution in [0.3, 0.4) is 0 Å². The molecule has 0 heterocycles. The number of carbonyl (C=O) groups is 1. The van der Waals surface area contributed by atoms with E-state index in [0.29, 0.717) is 16.3 Å². The van der Waals surface area contributed by atoms with E-state index in [2.05, 4.69) is 5.32 Å². The summed E-state index contributed by atoms with van der Waals surface area (Å²) in [5, 5.41) is 3.31. The van der Waals surface area contributed by atoms with E-state index in [0.717, 1.165) is 5.69 Å². The highest BCUT2D eigenvalue weighted by Gasteiger charge is 2.07. The zero-order valence-electron chi connectivity index (χ0n) is 12.3. The third-order valence-corrected chi connectivity index (χ3v) is 3.21. The maximum atomic E-state index is 13.1. The van der Waals surface area contributed by atoms with Crippen molar-refractivity contribution < 1.29 is 9.18 Å². The van der Waals surface area contributed by atoms with E-state index in [1.165, 1.54) is 18.2 Å². The zero-order valence-corrected chi connectivity index (χ0v) is 13.1. The molecule has 0 aliphatic heterocycles. The van der Waals surface area contributed by atoms with Crippen LogP contribution in [-0.4, -0.2) is 20.0 Å². The number of benzene rings is 2. The van der Waals surface area contributed by atoms with Gasteiger partial charge in [0, 0.05) is 25.2 Å². The van der Waals surface area contributed by atoms with Crippen LogP contribution in [0, 0.1) is 5.82 Å². The lowest BCUT2D eigenvalue weighted by Gasteiger charge is -2.17. The van der Waals surface area contributed by atoms with Crippen molar-refractivity contribution in [2.75, 3.05) is 24.3 Å². The lowest BCUT2D eigenvalue weighted by molar-refractivity contribution is -0.111. The predicted octanol–water partition coefficient (Wildman–Crippen LogP) is 4.20. The summed E-state index contributed by atoms with van der Waals surface area (Å²) in [6.07, 6.45) is 2.91. The molecule has 0 saturated carbocycles. The number of nitrogens with one attached hydrogen (secondary N) is 1. The second kappa shape index (κ2) is 7.09. The summed E-state index contributed by atoms with van der Waals surface area (Å²) in [5.41, 5.74) is 2.08. The van der Waals surface area contributed by atoms with Crippen molar-refractivity contribution in [2.45, 2.75) is 0 Å². The van der Waals surface area contributed by atoms with E-state index in [9.17, 15) is 9.18 Å². The van der Waals surface area contributed by atoms with Gasteiger partial charge in [-0.05, 0) is 42.0 Å². The lowest BCUT2D eigenvalue weighted by Crippen LogP contribution is -2.15. The standard InChI is InChI=1S/C17H16ClFN2O/c1-21(2)16-8-7-13(18)11-15(16)20-17(22)9-6-12-4-3-5-14(19)10-12/h3-11H,1-2H3,(H,20,22)/b9-6+. The third kappa shape index (κ3) is 4.33. The molecule has 2 aromatic carbocycles. The van der Waals surface area contributed by atoms with Gasteiger partial charge >= 0.3 is 0 Å². The predicted molar refractivity (Wildman–Crippen MR) is 89.8 cm³/mol. The molecular weight excluding hydrogens is 303 g/mol. The zero-order chi connectivity index (χ0) is 16.1. The summed E-state index contributed by atoms with van der Waals surface area (Å²) in [6.45, 7) is 0. The molecule has 0 radical (unpaired) electrons. The number of anilines is 2. The Labute approximate surface area is 134 Å². The van der Waals surface area contributed by atoms with Gasteiger partial charge in [-0.2, -0.15) is 0 Å². The van der Waals surface area contributed by atoms with Crippen LogP contribution < -0.4 is 10.2 Å². The maximum absolute atomic E-state index is 13.1. The average Bonchev–Trinajstić information content (AvgIpc) is 2.45. The van der Waals surface area contributed by atoms with Crippen LogP contribution in [0.15, 0.2) is 48.5 Å². The topological polar surface area (TPSA) is 32.3 Å². The Morgan fingerprint density at radius 3 is 2.68 bits per heavy atom. The minimum atomic E-state index is -0.340. The summed E-state index contributed by atoms with van der Waals surface area (Å²) in [5.74, 6) is -0.651. The molecule has 0 atom stereocenters. The van der Waals surface area contributed by atoms with Crippen molar-refractivity contribution in [3.05, 3.63) is 64.9 Å². The Hall–Kier alpha value is -2.33. The van der Waals surface area contributed by atoms with Crippen molar-refractivity contribution in [3.63, 3.8) is 0 Å². The molecule has 0 saturated heterocycles. The number of nitrogens with zero attached hydrogens (tertiary/aromatic N) is 1. The quantitative estimate of drug-likeness (QED) is 0.857. The van der Waals surface area contributed by atoms with Crippen molar-refractivity contribution in [2.24, 2.45) is 0 Å². The molecule has 0 spiro atoms. The maximum Gasteiger partial charge on any atom is 0.248 e. The fourth-order valence-corrected chi connectivity index (χ4v) is 2.13. The third-order valence-electron chi connectivity index (χ3n) is 2.97. The van der Waals surface area contributed by atoms with Gasteiger partial charge in [-0.1, -0.05) is 23.7 Å². The van der Waals surface area contributed by atoms with Gasteiger partial charge in [0.15, 0.2) is 0 Å². The molecule has 0 unspecified atom stereocenters. The first-order chi connectivity index (χ1) is 10.5. The molecule has 0 aromatic heterocycles. The highest BCUT2D eigenvalue weighted by atomic mass is 35.5. The van der Waals surface area contributed by atoms with E-state index in [4.69, 9.17) is 11.6 Å². The number of rotatable bonds is 4. The monoisotopic (exact) mass is 318 g/mol. The van der Waals surface area contributed by atoms with E-state index in [1.54, 1.807) is 30.3 Å². The minimum Gasteiger partial charge on any atom is -0.376 e. The van der Waals surface area contributed by atoms with Gasteiger partial charge in [0.05, 0.1) is 11.4 Å². The Kier molecular flexibility index (Phi) is 5.17. The SMILES string of the molecule is CN(C)c1ccc(Cl)cc1NC(=O)/C=C/c1cccc(F)c1. The average molecular weight is 319 g/mol. The van der Waals surface area contributed by atoms with E-state index >= 15 is 0 Å². The number of amides is 1. The Morgan fingerprint density at radius 2 is 2.00 bits per heavy atom. The normalized spacial score (nSPS) is 10.7. The molecule has 0 aliphatic carbocycles. The van der Waals surface area contributed by atoms with Crippen LogP contribution in [0.25, 0.3) is 6.08 Å². The Balaban J connectivity index is 2.14. The first-order valence-electron chi connectivity index (χ1n) is 6.67. The van der Waals surface area contributed by atoms with Crippen molar-refractivity contribution >= 4 is 35.0 Å². The first kappa shape index (κ1) is 16.0. The molecule has 1 amide bonds. The summed E-state index contributed by atoms with van der Waals surface area (Å²) in [4.78, 5) is 13.9.